The number of hydrogen-bond donors (Lipinski definition) is 1. The highest BCUT2D eigenvalue weighted by Gasteiger charge is 2.28. The van der Waals surface area contributed by atoms with E-state index < -0.39 is 0 Å². The summed E-state index contributed by atoms with van der Waals surface area (Å²) in [5, 5.41) is 8.30. The van der Waals surface area contributed by atoms with Gasteiger partial charge in [-0.15, -0.1) is 5.10 Å². The quantitative estimate of drug-likeness (QED) is 0.875. The molecule has 2 aromatic rings. The van der Waals surface area contributed by atoms with Crippen molar-refractivity contribution in [2.24, 2.45) is 5.73 Å². The van der Waals surface area contributed by atoms with Crippen molar-refractivity contribution < 1.29 is 4.74 Å². The molecular weight excluding hydrogens is 318 g/mol. The van der Waals surface area contributed by atoms with Gasteiger partial charge in [0.1, 0.15) is 11.6 Å². The first kappa shape index (κ1) is 17.8. The van der Waals surface area contributed by atoms with Gasteiger partial charge in [0.05, 0.1) is 30.2 Å². The number of ether oxygens (including phenoxy) is 1. The maximum Gasteiger partial charge on any atom is 0.136 e. The number of nitrogens with zero attached hydrogens (tertiary/aromatic N) is 6. The molecule has 0 saturated carbocycles. The van der Waals surface area contributed by atoms with E-state index in [0.29, 0.717) is 13.2 Å². The van der Waals surface area contributed by atoms with Crippen molar-refractivity contribution >= 4 is 5.82 Å². The normalized spacial score (nSPS) is 18.1. The minimum absolute atomic E-state index is 0.112. The van der Waals surface area contributed by atoms with E-state index in [4.69, 9.17) is 15.5 Å². The van der Waals surface area contributed by atoms with E-state index in [2.05, 4.69) is 41.0 Å². The molecule has 0 amide bonds. The van der Waals surface area contributed by atoms with Crippen molar-refractivity contribution in [3.63, 3.8) is 0 Å². The Labute approximate surface area is 148 Å². The number of nitrogens with two attached hydrogens (primary N) is 1. The van der Waals surface area contributed by atoms with Crippen LogP contribution in [-0.2, 0) is 23.3 Å². The third kappa shape index (κ3) is 3.96. The zero-order chi connectivity index (χ0) is 18.0. The molecule has 0 aromatic carbocycles. The predicted molar refractivity (Wildman–Crippen MR) is 95.2 cm³/mol. The van der Waals surface area contributed by atoms with Crippen molar-refractivity contribution in [2.45, 2.75) is 51.8 Å². The number of hydrogen-bond acceptors (Lipinski definition) is 7. The topological polar surface area (TPSA) is 95.0 Å². The van der Waals surface area contributed by atoms with Crippen molar-refractivity contribution in [1.29, 1.82) is 0 Å². The zero-order valence-corrected chi connectivity index (χ0v) is 15.4. The SMILES string of the molecule is COCc1cc(N2CCC(n3cc(CN)nn3)C2)nc(C(C)(C)C)n1. The summed E-state index contributed by atoms with van der Waals surface area (Å²) in [5.41, 5.74) is 7.24. The summed E-state index contributed by atoms with van der Waals surface area (Å²) in [7, 11) is 1.68. The minimum atomic E-state index is -0.112. The van der Waals surface area contributed by atoms with Crippen LogP contribution in [0.25, 0.3) is 0 Å². The highest BCUT2D eigenvalue weighted by molar-refractivity contribution is 5.42. The van der Waals surface area contributed by atoms with Crippen LogP contribution in [0.3, 0.4) is 0 Å². The summed E-state index contributed by atoms with van der Waals surface area (Å²) < 4.78 is 7.20. The predicted octanol–water partition coefficient (Wildman–Crippen LogP) is 1.42. The molecule has 0 aliphatic carbocycles. The van der Waals surface area contributed by atoms with Crippen LogP contribution in [0, 0.1) is 0 Å². The minimum Gasteiger partial charge on any atom is -0.378 e. The van der Waals surface area contributed by atoms with Crippen LogP contribution in [0.4, 0.5) is 5.82 Å². The first-order valence-corrected chi connectivity index (χ1v) is 8.64. The first-order chi connectivity index (χ1) is 11.9. The Morgan fingerprint density at radius 1 is 1.28 bits per heavy atom. The van der Waals surface area contributed by atoms with E-state index in [-0.39, 0.29) is 11.5 Å². The summed E-state index contributed by atoms with van der Waals surface area (Å²) in [6.07, 6.45) is 2.94. The fourth-order valence-electron chi connectivity index (χ4n) is 2.95. The molecule has 0 radical (unpaired) electrons. The van der Waals surface area contributed by atoms with E-state index in [1.807, 2.05) is 16.9 Å². The van der Waals surface area contributed by atoms with Gasteiger partial charge in [0.15, 0.2) is 0 Å². The van der Waals surface area contributed by atoms with Crippen LogP contribution >= 0.6 is 0 Å². The molecule has 3 rings (SSSR count). The Kier molecular flexibility index (Phi) is 5.01. The average molecular weight is 345 g/mol. The smallest absolute Gasteiger partial charge is 0.136 e. The fourth-order valence-corrected chi connectivity index (χ4v) is 2.95. The molecule has 1 fully saturated rings. The molecule has 3 heterocycles. The monoisotopic (exact) mass is 345 g/mol. The van der Waals surface area contributed by atoms with Crippen LogP contribution in [0.15, 0.2) is 12.3 Å². The van der Waals surface area contributed by atoms with E-state index >= 15 is 0 Å². The van der Waals surface area contributed by atoms with Gasteiger partial charge < -0.3 is 15.4 Å². The molecule has 8 nitrogen and oxygen atoms in total. The second kappa shape index (κ2) is 7.05. The van der Waals surface area contributed by atoms with Crippen LogP contribution in [-0.4, -0.2) is 45.2 Å². The van der Waals surface area contributed by atoms with E-state index in [1.165, 1.54) is 0 Å². The van der Waals surface area contributed by atoms with Gasteiger partial charge in [0.25, 0.3) is 0 Å². The summed E-state index contributed by atoms with van der Waals surface area (Å²) in [6.45, 7) is 9.05. The summed E-state index contributed by atoms with van der Waals surface area (Å²) in [6, 6.07) is 2.31. The molecule has 0 spiro atoms. The lowest BCUT2D eigenvalue weighted by Gasteiger charge is -2.23. The third-order valence-electron chi connectivity index (χ3n) is 4.36. The Morgan fingerprint density at radius 2 is 2.08 bits per heavy atom. The molecule has 136 valence electrons. The first-order valence-electron chi connectivity index (χ1n) is 8.64. The van der Waals surface area contributed by atoms with Crippen LogP contribution in [0.5, 0.6) is 0 Å². The van der Waals surface area contributed by atoms with Gasteiger partial charge in [0.2, 0.25) is 0 Å². The Hall–Kier alpha value is -2.06. The van der Waals surface area contributed by atoms with Gasteiger partial charge in [0, 0.05) is 38.2 Å². The summed E-state index contributed by atoms with van der Waals surface area (Å²) >= 11 is 0. The zero-order valence-electron chi connectivity index (χ0n) is 15.4. The maximum absolute atomic E-state index is 5.63. The van der Waals surface area contributed by atoms with Crippen molar-refractivity contribution in [3.05, 3.63) is 29.5 Å². The number of rotatable bonds is 5. The highest BCUT2D eigenvalue weighted by Crippen LogP contribution is 2.28. The molecule has 2 aromatic heterocycles. The second-order valence-electron chi connectivity index (χ2n) is 7.51. The van der Waals surface area contributed by atoms with Crippen LogP contribution < -0.4 is 10.6 Å². The molecule has 1 saturated heterocycles. The maximum atomic E-state index is 5.63. The molecule has 1 aliphatic rings. The summed E-state index contributed by atoms with van der Waals surface area (Å²) in [4.78, 5) is 11.7. The Balaban J connectivity index is 1.82. The average Bonchev–Trinajstić information content (AvgIpc) is 3.23. The van der Waals surface area contributed by atoms with Gasteiger partial charge in [-0.05, 0) is 6.42 Å². The largest absolute Gasteiger partial charge is 0.378 e. The van der Waals surface area contributed by atoms with Gasteiger partial charge in [-0.3, -0.25) is 0 Å². The standard InChI is InChI=1S/C17H27N7O/c1-17(2,3)16-19-12(11-25-4)7-15(20-16)23-6-5-14(10-23)24-9-13(8-18)21-22-24/h7,9,14H,5-6,8,10-11,18H2,1-4H3. The van der Waals surface area contributed by atoms with E-state index in [9.17, 15) is 0 Å². The van der Waals surface area contributed by atoms with E-state index in [0.717, 1.165) is 42.5 Å². The second-order valence-corrected chi connectivity index (χ2v) is 7.51. The summed E-state index contributed by atoms with van der Waals surface area (Å²) in [5.74, 6) is 1.79. The van der Waals surface area contributed by atoms with Crippen molar-refractivity contribution in [1.82, 2.24) is 25.0 Å². The Bertz CT molecular complexity index is 722. The lowest BCUT2D eigenvalue weighted by atomic mass is 9.95. The molecule has 1 aliphatic heterocycles. The molecular formula is C17H27N7O. The highest BCUT2D eigenvalue weighted by atomic mass is 16.5. The van der Waals surface area contributed by atoms with Gasteiger partial charge in [-0.2, -0.15) is 0 Å². The lowest BCUT2D eigenvalue weighted by Crippen LogP contribution is -2.25. The van der Waals surface area contributed by atoms with Crippen molar-refractivity contribution in [2.75, 3.05) is 25.1 Å². The molecule has 2 N–H and O–H groups in total. The number of anilines is 1. The molecule has 1 unspecified atom stereocenters. The third-order valence-corrected chi connectivity index (χ3v) is 4.36. The van der Waals surface area contributed by atoms with Gasteiger partial charge in [-0.25, -0.2) is 14.6 Å². The van der Waals surface area contributed by atoms with Gasteiger partial charge in [-0.1, -0.05) is 26.0 Å². The van der Waals surface area contributed by atoms with Crippen molar-refractivity contribution in [3.8, 4) is 0 Å². The lowest BCUT2D eigenvalue weighted by molar-refractivity contribution is 0.181. The number of methoxy groups -OCH3 is 1. The molecule has 0 bridgehead atoms. The van der Waals surface area contributed by atoms with Crippen LogP contribution in [0.2, 0.25) is 0 Å². The Morgan fingerprint density at radius 3 is 2.72 bits per heavy atom. The number of aromatic nitrogens is 5. The molecule has 25 heavy (non-hydrogen) atoms. The van der Waals surface area contributed by atoms with Crippen LogP contribution in [0.1, 0.15) is 50.4 Å². The van der Waals surface area contributed by atoms with Gasteiger partial charge >= 0.3 is 0 Å². The molecule has 1 atom stereocenters. The van der Waals surface area contributed by atoms with E-state index in [1.54, 1.807) is 7.11 Å². The molecule has 8 heteroatoms. The fraction of sp³-hybridized carbons (Fsp3) is 0.647.